The second-order valence-corrected chi connectivity index (χ2v) is 10.4. The number of nitrogens with one attached hydrogen (secondary N) is 1. The van der Waals surface area contributed by atoms with Crippen molar-refractivity contribution in [3.63, 3.8) is 0 Å². The van der Waals surface area contributed by atoms with Crippen molar-refractivity contribution in [1.29, 1.82) is 0 Å². The molecule has 0 bridgehead atoms. The number of rotatable bonds is 6. The van der Waals surface area contributed by atoms with E-state index in [1.54, 1.807) is 6.92 Å². The zero-order chi connectivity index (χ0) is 23.0. The Labute approximate surface area is 183 Å². The van der Waals surface area contributed by atoms with Gasteiger partial charge in [-0.3, -0.25) is 9.59 Å². The summed E-state index contributed by atoms with van der Waals surface area (Å²) < 4.78 is 34.0. The maximum Gasteiger partial charge on any atom is 0.241 e. The van der Waals surface area contributed by atoms with Crippen molar-refractivity contribution in [2.45, 2.75) is 56.9 Å². The molecule has 2 amide bonds. The summed E-state index contributed by atoms with van der Waals surface area (Å²) in [5, 5.41) is 0. The quantitative estimate of drug-likeness (QED) is 0.686. The molecule has 1 aliphatic heterocycles. The lowest BCUT2D eigenvalue weighted by Gasteiger charge is -2.21. The summed E-state index contributed by atoms with van der Waals surface area (Å²) in [5.74, 6) is -0.496. The first-order valence-electron chi connectivity index (χ1n) is 10.1. The van der Waals surface area contributed by atoms with Crippen LogP contribution >= 0.6 is 0 Å². The summed E-state index contributed by atoms with van der Waals surface area (Å²) in [7, 11) is -2.51. The van der Waals surface area contributed by atoms with Crippen molar-refractivity contribution < 1.29 is 22.7 Å². The number of carbonyl (C=O) groups is 2. The monoisotopic (exact) mass is 444 g/mol. The SMILES string of the molecule is COc1ccc(S(=O)(=O)N[C@@H](C)c2ccc(C(C)(C)C)cc2)cc1N1C(=O)CCC1=O. The molecule has 1 atom stereocenters. The summed E-state index contributed by atoms with van der Waals surface area (Å²) in [5.41, 5.74) is 2.13. The van der Waals surface area contributed by atoms with Crippen LogP contribution in [0, 0.1) is 0 Å². The average molecular weight is 445 g/mol. The lowest BCUT2D eigenvalue weighted by molar-refractivity contribution is -0.121. The average Bonchev–Trinajstić information content (AvgIpc) is 3.04. The van der Waals surface area contributed by atoms with Gasteiger partial charge in [-0.2, -0.15) is 0 Å². The van der Waals surface area contributed by atoms with Gasteiger partial charge in [0.25, 0.3) is 0 Å². The van der Waals surface area contributed by atoms with Gasteiger partial charge in [0.2, 0.25) is 21.8 Å². The molecule has 1 fully saturated rings. The van der Waals surface area contributed by atoms with Crippen molar-refractivity contribution in [1.82, 2.24) is 4.72 Å². The Bertz CT molecular complexity index is 1090. The van der Waals surface area contributed by atoms with Gasteiger partial charge in [0.05, 0.1) is 17.7 Å². The fraction of sp³-hybridized carbons (Fsp3) is 0.391. The Morgan fingerprint density at radius 2 is 1.58 bits per heavy atom. The summed E-state index contributed by atoms with van der Waals surface area (Å²) >= 11 is 0. The minimum Gasteiger partial charge on any atom is -0.495 e. The molecular weight excluding hydrogens is 416 g/mol. The maximum absolute atomic E-state index is 13.0. The number of anilines is 1. The molecule has 1 heterocycles. The van der Waals surface area contributed by atoms with Crippen LogP contribution in [0.1, 0.15) is 57.7 Å². The smallest absolute Gasteiger partial charge is 0.241 e. The number of benzene rings is 2. The number of sulfonamides is 1. The number of imide groups is 1. The summed E-state index contributed by atoms with van der Waals surface area (Å²) in [6.45, 7) is 8.11. The van der Waals surface area contributed by atoms with Crippen LogP contribution in [0.15, 0.2) is 47.4 Å². The molecule has 0 saturated carbocycles. The van der Waals surface area contributed by atoms with Gasteiger partial charge in [0.15, 0.2) is 0 Å². The molecule has 2 aromatic rings. The second kappa shape index (κ2) is 8.43. The van der Waals surface area contributed by atoms with Crippen LogP contribution in [0.5, 0.6) is 5.75 Å². The van der Waals surface area contributed by atoms with E-state index in [0.717, 1.165) is 16.0 Å². The molecule has 31 heavy (non-hydrogen) atoms. The summed E-state index contributed by atoms with van der Waals surface area (Å²) in [6, 6.07) is 11.5. The standard InChI is InChI=1S/C23H28N2O5S/c1-15(16-6-8-17(9-7-16)23(2,3)4)24-31(28,29)18-10-11-20(30-5)19(14-18)25-21(26)12-13-22(25)27/h6-11,14-15,24H,12-13H2,1-5H3/t15-/m0/s1. The predicted octanol–water partition coefficient (Wildman–Crippen LogP) is 3.69. The third-order valence-electron chi connectivity index (χ3n) is 5.36. The third kappa shape index (κ3) is 4.80. The first kappa shape index (κ1) is 23.0. The van der Waals surface area contributed by atoms with Crippen LogP contribution in [-0.4, -0.2) is 27.3 Å². The highest BCUT2D eigenvalue weighted by molar-refractivity contribution is 7.89. The Morgan fingerprint density at radius 1 is 1.00 bits per heavy atom. The number of hydrogen-bond donors (Lipinski definition) is 1. The first-order chi connectivity index (χ1) is 14.4. The van der Waals surface area contributed by atoms with E-state index in [2.05, 4.69) is 25.5 Å². The Morgan fingerprint density at radius 3 is 2.10 bits per heavy atom. The van der Waals surface area contributed by atoms with Crippen LogP contribution in [0.25, 0.3) is 0 Å². The number of hydrogen-bond acceptors (Lipinski definition) is 5. The maximum atomic E-state index is 13.0. The van der Waals surface area contributed by atoms with Crippen LogP contribution in [0.2, 0.25) is 0 Å². The predicted molar refractivity (Wildman–Crippen MR) is 119 cm³/mol. The van der Waals surface area contributed by atoms with E-state index in [1.807, 2.05) is 24.3 Å². The van der Waals surface area contributed by atoms with E-state index >= 15 is 0 Å². The van der Waals surface area contributed by atoms with Gasteiger partial charge in [0.1, 0.15) is 5.75 Å². The highest BCUT2D eigenvalue weighted by Gasteiger charge is 2.33. The number of methoxy groups -OCH3 is 1. The molecule has 0 radical (unpaired) electrons. The van der Waals surface area contributed by atoms with Crippen LogP contribution in [0.3, 0.4) is 0 Å². The van der Waals surface area contributed by atoms with Crippen LogP contribution in [0.4, 0.5) is 5.69 Å². The Kier molecular flexibility index (Phi) is 6.25. The minimum atomic E-state index is -3.91. The van der Waals surface area contributed by atoms with Crippen molar-refractivity contribution in [2.75, 3.05) is 12.0 Å². The second-order valence-electron chi connectivity index (χ2n) is 8.67. The molecule has 3 rings (SSSR count). The summed E-state index contributed by atoms with van der Waals surface area (Å²) in [4.78, 5) is 25.3. The van der Waals surface area contributed by atoms with E-state index in [4.69, 9.17) is 4.74 Å². The van der Waals surface area contributed by atoms with Crippen molar-refractivity contribution in [3.8, 4) is 5.75 Å². The molecule has 1 saturated heterocycles. The van der Waals surface area contributed by atoms with E-state index in [1.165, 1.54) is 25.3 Å². The first-order valence-corrected chi connectivity index (χ1v) is 11.6. The topological polar surface area (TPSA) is 92.8 Å². The van der Waals surface area contributed by atoms with Crippen molar-refractivity contribution in [2.24, 2.45) is 0 Å². The molecule has 0 aromatic heterocycles. The van der Waals surface area contributed by atoms with E-state index in [-0.39, 0.29) is 46.4 Å². The number of nitrogens with zero attached hydrogens (tertiary/aromatic N) is 1. The zero-order valence-corrected chi connectivity index (χ0v) is 19.2. The molecule has 8 heteroatoms. The third-order valence-corrected chi connectivity index (χ3v) is 6.90. The number of amides is 2. The Balaban J connectivity index is 1.89. The highest BCUT2D eigenvalue weighted by Crippen LogP contribution is 2.34. The number of carbonyl (C=O) groups excluding carboxylic acids is 2. The summed E-state index contributed by atoms with van der Waals surface area (Å²) in [6.07, 6.45) is 0.192. The lowest BCUT2D eigenvalue weighted by Crippen LogP contribution is -2.30. The molecule has 0 unspecified atom stereocenters. The Hall–Kier alpha value is -2.71. The molecule has 2 aromatic carbocycles. The molecule has 1 N–H and O–H groups in total. The van der Waals surface area contributed by atoms with Gasteiger partial charge < -0.3 is 4.74 Å². The van der Waals surface area contributed by atoms with Crippen molar-refractivity contribution >= 4 is 27.5 Å². The van der Waals surface area contributed by atoms with E-state index in [9.17, 15) is 18.0 Å². The molecule has 0 spiro atoms. The zero-order valence-electron chi connectivity index (χ0n) is 18.4. The molecule has 1 aliphatic rings. The van der Waals surface area contributed by atoms with Gasteiger partial charge in [-0.05, 0) is 41.7 Å². The number of ether oxygens (including phenoxy) is 1. The minimum absolute atomic E-state index is 0.00517. The normalized spacial score (nSPS) is 16.0. The van der Waals surface area contributed by atoms with Gasteiger partial charge in [-0.1, -0.05) is 45.0 Å². The fourth-order valence-electron chi connectivity index (χ4n) is 3.50. The van der Waals surface area contributed by atoms with Crippen molar-refractivity contribution in [3.05, 3.63) is 53.6 Å². The molecular formula is C23H28N2O5S. The molecule has 0 aliphatic carbocycles. The van der Waals surface area contributed by atoms with Crippen LogP contribution in [-0.2, 0) is 25.0 Å². The van der Waals surface area contributed by atoms with Gasteiger partial charge in [0, 0.05) is 18.9 Å². The van der Waals surface area contributed by atoms with E-state index in [0.29, 0.717) is 0 Å². The largest absolute Gasteiger partial charge is 0.495 e. The fourth-order valence-corrected chi connectivity index (χ4v) is 4.75. The molecule has 7 nitrogen and oxygen atoms in total. The van der Waals surface area contributed by atoms with Gasteiger partial charge in [-0.25, -0.2) is 18.0 Å². The highest BCUT2D eigenvalue weighted by atomic mass is 32.2. The van der Waals surface area contributed by atoms with Gasteiger partial charge >= 0.3 is 0 Å². The van der Waals surface area contributed by atoms with Crippen LogP contribution < -0.4 is 14.4 Å². The van der Waals surface area contributed by atoms with Gasteiger partial charge in [-0.15, -0.1) is 0 Å². The lowest BCUT2D eigenvalue weighted by atomic mass is 9.86. The van der Waals surface area contributed by atoms with E-state index < -0.39 is 16.1 Å². The molecule has 166 valence electrons.